The molecule has 1 N–H and O–H groups in total. The number of carbonyl (C=O) groups excluding carboxylic acids is 1. The summed E-state index contributed by atoms with van der Waals surface area (Å²) >= 11 is 0. The predicted octanol–water partition coefficient (Wildman–Crippen LogP) is 4.14. The van der Waals surface area contributed by atoms with Crippen molar-refractivity contribution >= 4 is 21.6 Å². The molecule has 0 saturated carbocycles. The Hall–Kier alpha value is -2.52. The zero-order valence-corrected chi connectivity index (χ0v) is 18.5. The van der Waals surface area contributed by atoms with Crippen molar-refractivity contribution in [3.05, 3.63) is 53.6 Å². The molecule has 0 spiro atoms. The van der Waals surface area contributed by atoms with Gasteiger partial charge in [0.2, 0.25) is 15.9 Å². The number of rotatable bonds is 6. The first-order chi connectivity index (χ1) is 14.6. The Balaban J connectivity index is 1.72. The van der Waals surface area contributed by atoms with Gasteiger partial charge >= 0.3 is 0 Å². The Morgan fingerprint density at radius 3 is 2.42 bits per heavy atom. The summed E-state index contributed by atoms with van der Waals surface area (Å²) in [5.74, 6) is -1.93. The number of amides is 1. The molecule has 1 fully saturated rings. The highest BCUT2D eigenvalue weighted by molar-refractivity contribution is 7.89. The molecule has 1 aliphatic heterocycles. The van der Waals surface area contributed by atoms with Gasteiger partial charge in [-0.3, -0.25) is 4.79 Å². The molecule has 0 radical (unpaired) electrons. The summed E-state index contributed by atoms with van der Waals surface area (Å²) in [5.41, 5.74) is 0.654. The lowest BCUT2D eigenvalue weighted by atomic mass is 9.97. The van der Waals surface area contributed by atoms with Crippen molar-refractivity contribution in [3.63, 3.8) is 0 Å². The van der Waals surface area contributed by atoms with Gasteiger partial charge in [0.1, 0.15) is 22.3 Å². The molecule has 2 aromatic rings. The van der Waals surface area contributed by atoms with E-state index in [-0.39, 0.29) is 48.2 Å². The van der Waals surface area contributed by atoms with Gasteiger partial charge in [0.25, 0.3) is 0 Å². The van der Waals surface area contributed by atoms with E-state index in [1.165, 1.54) is 11.4 Å². The van der Waals surface area contributed by atoms with Crippen LogP contribution in [-0.2, 0) is 14.8 Å². The van der Waals surface area contributed by atoms with Crippen molar-refractivity contribution in [1.29, 1.82) is 0 Å². The van der Waals surface area contributed by atoms with Crippen LogP contribution in [0, 0.1) is 17.6 Å². The van der Waals surface area contributed by atoms with Gasteiger partial charge in [-0.15, -0.1) is 0 Å². The lowest BCUT2D eigenvalue weighted by molar-refractivity contribution is -0.120. The minimum absolute atomic E-state index is 0.103. The van der Waals surface area contributed by atoms with Gasteiger partial charge in [-0.2, -0.15) is 4.31 Å². The van der Waals surface area contributed by atoms with Gasteiger partial charge in [0.15, 0.2) is 0 Å². The van der Waals surface area contributed by atoms with Crippen molar-refractivity contribution in [1.82, 2.24) is 4.31 Å². The summed E-state index contributed by atoms with van der Waals surface area (Å²) in [6.45, 7) is 4.23. The number of nitrogens with zero attached hydrogens (tertiary/aromatic N) is 1. The molecule has 1 saturated heterocycles. The lowest BCUT2D eigenvalue weighted by Gasteiger charge is -2.31. The number of carbonyl (C=O) groups is 1. The van der Waals surface area contributed by atoms with Crippen LogP contribution >= 0.6 is 0 Å². The number of ether oxygens (including phenoxy) is 1. The van der Waals surface area contributed by atoms with Crippen LogP contribution in [0.15, 0.2) is 41.3 Å². The first-order valence-corrected chi connectivity index (χ1v) is 11.5. The predicted molar refractivity (Wildman–Crippen MR) is 114 cm³/mol. The van der Waals surface area contributed by atoms with Crippen LogP contribution in [0.2, 0.25) is 0 Å². The van der Waals surface area contributed by atoms with Crippen LogP contribution in [0.1, 0.15) is 38.2 Å². The van der Waals surface area contributed by atoms with Crippen molar-refractivity contribution in [2.24, 2.45) is 5.92 Å². The van der Waals surface area contributed by atoms with Crippen LogP contribution in [0.3, 0.4) is 0 Å². The zero-order valence-electron chi connectivity index (χ0n) is 17.7. The van der Waals surface area contributed by atoms with E-state index in [1.54, 1.807) is 12.1 Å². The van der Waals surface area contributed by atoms with Gasteiger partial charge in [-0.05, 0) is 48.6 Å². The molecule has 0 aliphatic carbocycles. The van der Waals surface area contributed by atoms with Gasteiger partial charge in [0, 0.05) is 25.1 Å². The summed E-state index contributed by atoms with van der Waals surface area (Å²) in [6.07, 6.45) is 0.544. The molecule has 6 nitrogen and oxygen atoms in total. The highest BCUT2D eigenvalue weighted by Gasteiger charge is 2.34. The molecular formula is C22H26F2N2O4S. The monoisotopic (exact) mass is 452 g/mol. The Morgan fingerprint density at radius 1 is 1.13 bits per heavy atom. The average Bonchev–Trinajstić information content (AvgIpc) is 2.75. The third kappa shape index (κ3) is 5.04. The molecule has 1 aliphatic rings. The van der Waals surface area contributed by atoms with E-state index in [2.05, 4.69) is 5.32 Å². The quantitative estimate of drug-likeness (QED) is 0.715. The topological polar surface area (TPSA) is 75.7 Å². The lowest BCUT2D eigenvalue weighted by Crippen LogP contribution is -2.41. The molecule has 0 atom stereocenters. The standard InChI is InChI=1S/C22H26F2N2O4S/c1-14(2)16-4-7-20(30-3)21(12-16)31(28,29)26-10-8-15(9-11-26)22(27)25-19-13-17(23)5-6-18(19)24/h4-7,12-15H,8-11H2,1-3H3,(H,25,27). The number of anilines is 1. The molecular weight excluding hydrogens is 426 g/mol. The first kappa shape index (κ1) is 23.1. The normalized spacial score (nSPS) is 15.8. The summed E-state index contributed by atoms with van der Waals surface area (Å²) in [4.78, 5) is 12.6. The molecule has 0 aromatic heterocycles. The molecule has 9 heteroatoms. The summed E-state index contributed by atoms with van der Waals surface area (Å²) in [6, 6.07) is 7.95. The second kappa shape index (κ2) is 9.32. The van der Waals surface area contributed by atoms with Crippen LogP contribution in [0.25, 0.3) is 0 Å². The van der Waals surface area contributed by atoms with Crippen LogP contribution in [0.4, 0.5) is 14.5 Å². The highest BCUT2D eigenvalue weighted by Crippen LogP contribution is 2.32. The third-order valence-corrected chi connectivity index (χ3v) is 7.40. The zero-order chi connectivity index (χ0) is 22.8. The molecule has 2 aromatic carbocycles. The highest BCUT2D eigenvalue weighted by atomic mass is 32.2. The average molecular weight is 453 g/mol. The Morgan fingerprint density at radius 2 is 1.81 bits per heavy atom. The van der Waals surface area contributed by atoms with Crippen molar-refractivity contribution in [2.75, 3.05) is 25.5 Å². The van der Waals surface area contributed by atoms with Crippen LogP contribution < -0.4 is 10.1 Å². The van der Waals surface area contributed by atoms with Gasteiger partial charge in [-0.1, -0.05) is 19.9 Å². The molecule has 1 amide bonds. The Labute approximate surface area is 181 Å². The van der Waals surface area contributed by atoms with E-state index < -0.39 is 33.5 Å². The summed E-state index contributed by atoms with van der Waals surface area (Å²) in [5, 5.41) is 2.40. The number of methoxy groups -OCH3 is 1. The van der Waals surface area contributed by atoms with Gasteiger partial charge < -0.3 is 10.1 Å². The SMILES string of the molecule is COc1ccc(C(C)C)cc1S(=O)(=O)N1CCC(C(=O)Nc2cc(F)ccc2F)CC1. The summed E-state index contributed by atoms with van der Waals surface area (Å²) < 4.78 is 60.2. The molecule has 3 rings (SSSR count). The maximum Gasteiger partial charge on any atom is 0.246 e. The second-order valence-corrected chi connectivity index (χ2v) is 9.76. The first-order valence-electron chi connectivity index (χ1n) is 10.1. The fourth-order valence-electron chi connectivity index (χ4n) is 3.58. The van der Waals surface area contributed by atoms with Gasteiger partial charge in [0.05, 0.1) is 12.8 Å². The van der Waals surface area contributed by atoms with E-state index in [9.17, 15) is 22.0 Å². The van der Waals surface area contributed by atoms with E-state index >= 15 is 0 Å². The number of hydrogen-bond donors (Lipinski definition) is 1. The van der Waals surface area contributed by atoms with E-state index in [0.717, 1.165) is 23.8 Å². The number of nitrogens with one attached hydrogen (secondary N) is 1. The van der Waals surface area contributed by atoms with E-state index in [1.807, 2.05) is 19.9 Å². The van der Waals surface area contributed by atoms with Crippen molar-refractivity contribution in [2.45, 2.75) is 37.5 Å². The maximum absolute atomic E-state index is 13.8. The maximum atomic E-state index is 13.8. The molecule has 31 heavy (non-hydrogen) atoms. The fraction of sp³-hybridized carbons (Fsp3) is 0.409. The number of sulfonamides is 1. The molecule has 1 heterocycles. The Kier molecular flexibility index (Phi) is 6.96. The molecule has 168 valence electrons. The minimum atomic E-state index is -3.81. The van der Waals surface area contributed by atoms with E-state index in [0.29, 0.717) is 0 Å². The van der Waals surface area contributed by atoms with Crippen LogP contribution in [0.5, 0.6) is 5.75 Å². The number of halogens is 2. The number of benzene rings is 2. The number of piperidine rings is 1. The fourth-order valence-corrected chi connectivity index (χ4v) is 5.24. The van der Waals surface area contributed by atoms with Gasteiger partial charge in [-0.25, -0.2) is 17.2 Å². The largest absolute Gasteiger partial charge is 0.495 e. The smallest absolute Gasteiger partial charge is 0.246 e. The van der Waals surface area contributed by atoms with Crippen molar-refractivity contribution < 1.29 is 26.7 Å². The van der Waals surface area contributed by atoms with Crippen molar-refractivity contribution in [3.8, 4) is 5.75 Å². The molecule has 0 unspecified atom stereocenters. The number of hydrogen-bond acceptors (Lipinski definition) is 4. The molecule has 0 bridgehead atoms. The second-order valence-electron chi connectivity index (χ2n) is 7.86. The van der Waals surface area contributed by atoms with E-state index in [4.69, 9.17) is 4.74 Å². The Bertz CT molecular complexity index is 1070. The minimum Gasteiger partial charge on any atom is -0.495 e. The third-order valence-electron chi connectivity index (χ3n) is 5.48. The summed E-state index contributed by atoms with van der Waals surface area (Å²) in [7, 11) is -2.39. The van der Waals surface area contributed by atoms with Crippen LogP contribution in [-0.4, -0.2) is 38.8 Å².